The van der Waals surface area contributed by atoms with E-state index in [1.54, 1.807) is 12.1 Å². The number of phenols is 1. The maximum Gasteiger partial charge on any atom is 0.335 e. The third-order valence-corrected chi connectivity index (χ3v) is 4.23. The molecule has 2 aromatic rings. The number of rotatable bonds is 5. The fraction of sp³-hybridized carbons (Fsp3) is 0.0714. The molecular formula is C14H13NO5S. The molecule has 3 N–H and O–H groups in total. The molecule has 2 rings (SSSR count). The molecule has 0 bridgehead atoms. The highest BCUT2D eigenvalue weighted by Crippen LogP contribution is 2.13. The van der Waals surface area contributed by atoms with E-state index in [0.29, 0.717) is 5.56 Å². The highest BCUT2D eigenvalue weighted by Gasteiger charge is 2.14. The Bertz CT molecular complexity index is 736. The van der Waals surface area contributed by atoms with Crippen molar-refractivity contribution >= 4 is 16.0 Å². The van der Waals surface area contributed by atoms with Gasteiger partial charge in [-0.3, -0.25) is 0 Å². The highest BCUT2D eigenvalue weighted by atomic mass is 32.2. The van der Waals surface area contributed by atoms with Gasteiger partial charge in [-0.2, -0.15) is 0 Å². The molecule has 0 aliphatic carbocycles. The Labute approximate surface area is 121 Å². The van der Waals surface area contributed by atoms with Gasteiger partial charge < -0.3 is 10.2 Å². The van der Waals surface area contributed by atoms with Crippen molar-refractivity contribution in [2.45, 2.75) is 11.4 Å². The SMILES string of the molecule is O=C(O)c1ccc(S(=O)(=O)NCc2ccc(O)cc2)cc1. The molecular weight excluding hydrogens is 294 g/mol. The molecule has 0 atom stereocenters. The van der Waals surface area contributed by atoms with Crippen LogP contribution in [0.25, 0.3) is 0 Å². The minimum Gasteiger partial charge on any atom is -0.508 e. The molecule has 0 amide bonds. The number of aromatic carboxylic acids is 1. The molecule has 0 unspecified atom stereocenters. The third-order valence-electron chi connectivity index (χ3n) is 2.81. The Balaban J connectivity index is 2.11. The van der Waals surface area contributed by atoms with Crippen LogP contribution in [0.15, 0.2) is 53.4 Å². The number of phenolic OH excluding ortho intramolecular Hbond substituents is 1. The maximum absolute atomic E-state index is 12.0. The molecule has 2 aromatic carbocycles. The Morgan fingerprint density at radius 2 is 1.57 bits per heavy atom. The number of benzene rings is 2. The quantitative estimate of drug-likeness (QED) is 0.778. The van der Waals surface area contributed by atoms with Gasteiger partial charge in [0.1, 0.15) is 5.75 Å². The van der Waals surface area contributed by atoms with E-state index in [4.69, 9.17) is 10.2 Å². The predicted octanol–water partition coefficient (Wildman–Crippen LogP) is 1.57. The average Bonchev–Trinajstić information content (AvgIpc) is 2.47. The molecule has 6 nitrogen and oxygen atoms in total. The first-order valence-corrected chi connectivity index (χ1v) is 7.48. The van der Waals surface area contributed by atoms with Crippen molar-refractivity contribution in [1.82, 2.24) is 4.72 Å². The van der Waals surface area contributed by atoms with E-state index in [2.05, 4.69) is 4.72 Å². The summed E-state index contributed by atoms with van der Waals surface area (Å²) in [5.74, 6) is -1.01. The van der Waals surface area contributed by atoms with E-state index < -0.39 is 16.0 Å². The topological polar surface area (TPSA) is 104 Å². The van der Waals surface area contributed by atoms with Crippen LogP contribution in [0.5, 0.6) is 5.75 Å². The molecule has 0 aliphatic rings. The zero-order valence-corrected chi connectivity index (χ0v) is 11.7. The lowest BCUT2D eigenvalue weighted by Gasteiger charge is -2.07. The van der Waals surface area contributed by atoms with E-state index in [1.807, 2.05) is 0 Å². The standard InChI is InChI=1S/C14H13NO5S/c16-12-5-1-10(2-6-12)9-15-21(19,20)13-7-3-11(4-8-13)14(17)18/h1-8,15-16H,9H2,(H,17,18). The summed E-state index contributed by atoms with van der Waals surface area (Å²) in [6, 6.07) is 11.1. The minimum atomic E-state index is -3.72. The largest absolute Gasteiger partial charge is 0.508 e. The van der Waals surface area contributed by atoms with E-state index in [9.17, 15) is 13.2 Å². The number of hydrogen-bond donors (Lipinski definition) is 3. The minimum absolute atomic E-state index is 0.00808. The molecule has 21 heavy (non-hydrogen) atoms. The summed E-state index contributed by atoms with van der Waals surface area (Å²) in [5.41, 5.74) is 0.714. The molecule has 7 heteroatoms. The summed E-state index contributed by atoms with van der Waals surface area (Å²) < 4.78 is 26.5. The second-order valence-corrected chi connectivity index (χ2v) is 6.09. The zero-order chi connectivity index (χ0) is 15.5. The van der Waals surface area contributed by atoms with Gasteiger partial charge in [-0.05, 0) is 42.0 Å². The zero-order valence-electron chi connectivity index (χ0n) is 10.9. The van der Waals surface area contributed by atoms with Crippen molar-refractivity contribution in [1.29, 1.82) is 0 Å². The molecule has 0 spiro atoms. The van der Waals surface area contributed by atoms with E-state index >= 15 is 0 Å². The van der Waals surface area contributed by atoms with Gasteiger partial charge in [-0.15, -0.1) is 0 Å². The maximum atomic E-state index is 12.0. The molecule has 0 saturated heterocycles. The van der Waals surface area contributed by atoms with Crippen LogP contribution in [0.4, 0.5) is 0 Å². The number of sulfonamides is 1. The molecule has 0 heterocycles. The molecule has 110 valence electrons. The Kier molecular flexibility index (Phi) is 4.25. The summed E-state index contributed by atoms with van der Waals surface area (Å²) in [4.78, 5) is 10.7. The number of nitrogens with one attached hydrogen (secondary N) is 1. The molecule has 0 aliphatic heterocycles. The molecule has 0 aromatic heterocycles. The van der Waals surface area contributed by atoms with Crippen LogP contribution in [0.1, 0.15) is 15.9 Å². The average molecular weight is 307 g/mol. The summed E-state index contributed by atoms with van der Waals surface area (Å²) in [6.45, 7) is 0.0727. The number of hydrogen-bond acceptors (Lipinski definition) is 4. The third kappa shape index (κ3) is 3.80. The normalized spacial score (nSPS) is 11.2. The Morgan fingerprint density at radius 3 is 2.10 bits per heavy atom. The van der Waals surface area contributed by atoms with E-state index in [-0.39, 0.29) is 22.8 Å². The summed E-state index contributed by atoms with van der Waals surface area (Å²) >= 11 is 0. The first-order valence-electron chi connectivity index (χ1n) is 5.99. The van der Waals surface area contributed by atoms with Crippen molar-refractivity contribution in [3.8, 4) is 5.75 Å². The van der Waals surface area contributed by atoms with Gasteiger partial charge >= 0.3 is 5.97 Å². The number of aromatic hydroxyl groups is 1. The van der Waals surface area contributed by atoms with Crippen molar-refractivity contribution in [3.05, 3.63) is 59.7 Å². The van der Waals surface area contributed by atoms with Gasteiger partial charge in [0.2, 0.25) is 10.0 Å². The van der Waals surface area contributed by atoms with Crippen LogP contribution in [0.2, 0.25) is 0 Å². The second kappa shape index (κ2) is 5.94. The lowest BCUT2D eigenvalue weighted by atomic mass is 10.2. The van der Waals surface area contributed by atoms with Crippen LogP contribution in [0.3, 0.4) is 0 Å². The van der Waals surface area contributed by atoms with Crippen molar-refractivity contribution in [2.75, 3.05) is 0 Å². The van der Waals surface area contributed by atoms with Gasteiger partial charge in [0.15, 0.2) is 0 Å². The van der Waals surface area contributed by atoms with E-state index in [0.717, 1.165) is 0 Å². The van der Waals surface area contributed by atoms with Crippen molar-refractivity contribution < 1.29 is 23.4 Å². The summed E-state index contributed by atoms with van der Waals surface area (Å²) in [7, 11) is -3.72. The monoisotopic (exact) mass is 307 g/mol. The Hall–Kier alpha value is -2.38. The van der Waals surface area contributed by atoms with Crippen molar-refractivity contribution in [2.24, 2.45) is 0 Å². The molecule has 0 saturated carbocycles. The highest BCUT2D eigenvalue weighted by molar-refractivity contribution is 7.89. The lowest BCUT2D eigenvalue weighted by molar-refractivity contribution is 0.0696. The number of carboxylic acid groups (broad SMARTS) is 1. The van der Waals surface area contributed by atoms with Gasteiger partial charge in [0, 0.05) is 6.54 Å². The second-order valence-electron chi connectivity index (χ2n) is 4.32. The number of carbonyl (C=O) groups is 1. The van der Waals surface area contributed by atoms with Crippen LogP contribution in [-0.2, 0) is 16.6 Å². The fourth-order valence-electron chi connectivity index (χ4n) is 1.65. The first kappa shape index (κ1) is 15.0. The first-order chi connectivity index (χ1) is 9.88. The van der Waals surface area contributed by atoms with Crippen LogP contribution >= 0.6 is 0 Å². The lowest BCUT2D eigenvalue weighted by Crippen LogP contribution is -2.23. The number of carboxylic acids is 1. The smallest absolute Gasteiger partial charge is 0.335 e. The van der Waals surface area contributed by atoms with Crippen molar-refractivity contribution in [3.63, 3.8) is 0 Å². The molecule has 0 fully saturated rings. The summed E-state index contributed by atoms with van der Waals surface area (Å²) in [6.07, 6.45) is 0. The van der Waals surface area contributed by atoms with Crippen LogP contribution in [0, 0.1) is 0 Å². The van der Waals surface area contributed by atoms with E-state index in [1.165, 1.54) is 36.4 Å². The van der Waals surface area contributed by atoms with Gasteiger partial charge in [-0.25, -0.2) is 17.9 Å². The fourth-order valence-corrected chi connectivity index (χ4v) is 2.67. The Morgan fingerprint density at radius 1 is 1.00 bits per heavy atom. The summed E-state index contributed by atoms with van der Waals surface area (Å²) in [5, 5.41) is 17.9. The van der Waals surface area contributed by atoms with Gasteiger partial charge in [-0.1, -0.05) is 12.1 Å². The van der Waals surface area contributed by atoms with Crippen LogP contribution < -0.4 is 4.72 Å². The molecule has 0 radical (unpaired) electrons. The van der Waals surface area contributed by atoms with Gasteiger partial charge in [0.05, 0.1) is 10.5 Å². The van der Waals surface area contributed by atoms with Crippen LogP contribution in [-0.4, -0.2) is 24.6 Å². The van der Waals surface area contributed by atoms with Gasteiger partial charge in [0.25, 0.3) is 0 Å². The predicted molar refractivity (Wildman–Crippen MR) is 75.5 cm³/mol.